The fraction of sp³-hybridized carbons (Fsp3) is 0.600. The van der Waals surface area contributed by atoms with Crippen molar-refractivity contribution in [3.05, 3.63) is 34.1 Å². The number of hydrogen-bond donors (Lipinski definition) is 1. The maximum atomic E-state index is 13.1. The fourth-order valence-corrected chi connectivity index (χ4v) is 2.65. The predicted molar refractivity (Wildman–Crippen MR) is 79.3 cm³/mol. The van der Waals surface area contributed by atoms with Gasteiger partial charge in [0.15, 0.2) is 0 Å². The second kappa shape index (κ2) is 7.90. The van der Waals surface area contributed by atoms with Gasteiger partial charge < -0.3 is 5.32 Å². The van der Waals surface area contributed by atoms with Crippen LogP contribution in [0.4, 0.5) is 4.39 Å². The summed E-state index contributed by atoms with van der Waals surface area (Å²) in [6.07, 6.45) is 3.31. The summed E-state index contributed by atoms with van der Waals surface area (Å²) >= 11 is 3.44. The third kappa shape index (κ3) is 5.07. The molecule has 0 aliphatic carbocycles. The Morgan fingerprint density at radius 2 is 2.06 bits per heavy atom. The number of hydrogen-bond acceptors (Lipinski definition) is 1. The average molecular weight is 316 g/mol. The quantitative estimate of drug-likeness (QED) is 0.778. The van der Waals surface area contributed by atoms with Crippen LogP contribution in [-0.2, 0) is 6.42 Å². The van der Waals surface area contributed by atoms with E-state index in [1.165, 1.54) is 18.1 Å². The van der Waals surface area contributed by atoms with Gasteiger partial charge in [0.05, 0.1) is 0 Å². The number of rotatable bonds is 7. The third-order valence-electron chi connectivity index (χ3n) is 3.36. The van der Waals surface area contributed by atoms with Gasteiger partial charge in [-0.25, -0.2) is 4.39 Å². The molecule has 3 heteroatoms. The minimum atomic E-state index is -0.187. The first-order valence-corrected chi connectivity index (χ1v) is 7.53. The van der Waals surface area contributed by atoms with E-state index in [1.807, 2.05) is 6.07 Å². The van der Waals surface area contributed by atoms with E-state index in [4.69, 9.17) is 0 Å². The van der Waals surface area contributed by atoms with Crippen molar-refractivity contribution in [2.75, 3.05) is 6.54 Å². The van der Waals surface area contributed by atoms with E-state index < -0.39 is 0 Å². The summed E-state index contributed by atoms with van der Waals surface area (Å²) in [5.74, 6) is 0.529. The first kappa shape index (κ1) is 15.6. The second-order valence-corrected chi connectivity index (χ2v) is 5.80. The molecule has 0 aliphatic heterocycles. The third-order valence-corrected chi connectivity index (χ3v) is 4.10. The van der Waals surface area contributed by atoms with Crippen LogP contribution < -0.4 is 5.32 Å². The van der Waals surface area contributed by atoms with Crippen molar-refractivity contribution in [1.29, 1.82) is 0 Å². The van der Waals surface area contributed by atoms with Gasteiger partial charge in [-0.05, 0) is 43.0 Å². The maximum absolute atomic E-state index is 13.1. The van der Waals surface area contributed by atoms with Crippen LogP contribution in [0, 0.1) is 11.7 Å². The molecular weight excluding hydrogens is 293 g/mol. The summed E-state index contributed by atoms with van der Waals surface area (Å²) in [6, 6.07) is 5.42. The average Bonchev–Trinajstić information content (AvgIpc) is 2.32. The van der Waals surface area contributed by atoms with Crippen molar-refractivity contribution in [1.82, 2.24) is 5.32 Å². The molecule has 18 heavy (non-hydrogen) atoms. The van der Waals surface area contributed by atoms with Crippen LogP contribution in [0.5, 0.6) is 0 Å². The number of likely N-dealkylation sites (N-methyl/N-ethyl adjacent to an activating group) is 1. The topological polar surface area (TPSA) is 12.0 Å². The highest BCUT2D eigenvalue weighted by Crippen LogP contribution is 2.21. The number of halogens is 2. The van der Waals surface area contributed by atoms with Crippen molar-refractivity contribution in [3.8, 4) is 0 Å². The molecule has 1 aromatic rings. The minimum absolute atomic E-state index is 0.187. The molecule has 0 amide bonds. The lowest BCUT2D eigenvalue weighted by Crippen LogP contribution is -2.32. The van der Waals surface area contributed by atoms with Crippen molar-refractivity contribution in [2.24, 2.45) is 5.92 Å². The van der Waals surface area contributed by atoms with Gasteiger partial charge in [0.2, 0.25) is 0 Å². The summed E-state index contributed by atoms with van der Waals surface area (Å²) in [5.41, 5.74) is 1.17. The Hall–Kier alpha value is -0.410. The van der Waals surface area contributed by atoms with Gasteiger partial charge in [-0.15, -0.1) is 0 Å². The fourth-order valence-electron chi connectivity index (χ4n) is 2.13. The molecule has 1 rings (SSSR count). The number of nitrogens with one attached hydrogen (secondary N) is 1. The van der Waals surface area contributed by atoms with Crippen LogP contribution in [0.25, 0.3) is 0 Å². The molecule has 0 bridgehead atoms. The molecule has 2 unspecified atom stereocenters. The Morgan fingerprint density at radius 1 is 1.33 bits per heavy atom. The molecule has 0 fully saturated rings. The molecule has 1 aromatic carbocycles. The van der Waals surface area contributed by atoms with Gasteiger partial charge in [0.1, 0.15) is 5.82 Å². The van der Waals surface area contributed by atoms with E-state index >= 15 is 0 Å². The van der Waals surface area contributed by atoms with Gasteiger partial charge in [-0.3, -0.25) is 0 Å². The van der Waals surface area contributed by atoms with Crippen molar-refractivity contribution >= 4 is 15.9 Å². The lowest BCUT2D eigenvalue weighted by atomic mass is 9.94. The van der Waals surface area contributed by atoms with Gasteiger partial charge in [-0.1, -0.05) is 49.2 Å². The summed E-state index contributed by atoms with van der Waals surface area (Å²) in [4.78, 5) is 0. The maximum Gasteiger partial charge on any atom is 0.124 e. The van der Waals surface area contributed by atoms with E-state index in [-0.39, 0.29) is 5.82 Å². The van der Waals surface area contributed by atoms with Crippen LogP contribution in [-0.4, -0.2) is 12.6 Å². The van der Waals surface area contributed by atoms with Crippen molar-refractivity contribution < 1.29 is 4.39 Å². The molecule has 1 N–H and O–H groups in total. The SMILES string of the molecule is CCNC(Cc1ccc(F)cc1Br)CC(C)CC. The molecular formula is C15H23BrFN. The Kier molecular flexibility index (Phi) is 6.87. The molecule has 2 atom stereocenters. The molecule has 0 saturated heterocycles. The molecule has 0 spiro atoms. The van der Waals surface area contributed by atoms with Gasteiger partial charge in [0, 0.05) is 10.5 Å². The number of benzene rings is 1. The van der Waals surface area contributed by atoms with E-state index in [2.05, 4.69) is 42.0 Å². The monoisotopic (exact) mass is 315 g/mol. The molecule has 102 valence electrons. The highest BCUT2D eigenvalue weighted by Gasteiger charge is 2.13. The van der Waals surface area contributed by atoms with Crippen molar-refractivity contribution in [3.63, 3.8) is 0 Å². The Balaban J connectivity index is 2.69. The first-order valence-electron chi connectivity index (χ1n) is 6.74. The summed E-state index contributed by atoms with van der Waals surface area (Å²) < 4.78 is 13.9. The lowest BCUT2D eigenvalue weighted by molar-refractivity contribution is 0.397. The van der Waals surface area contributed by atoms with Crippen LogP contribution >= 0.6 is 15.9 Å². The van der Waals surface area contributed by atoms with Gasteiger partial charge in [0.25, 0.3) is 0 Å². The van der Waals surface area contributed by atoms with Crippen LogP contribution in [0.1, 0.15) is 39.2 Å². The van der Waals surface area contributed by atoms with E-state index in [9.17, 15) is 4.39 Å². The van der Waals surface area contributed by atoms with Crippen LogP contribution in [0.2, 0.25) is 0 Å². The largest absolute Gasteiger partial charge is 0.314 e. The molecule has 0 heterocycles. The van der Waals surface area contributed by atoms with E-state index in [1.54, 1.807) is 6.07 Å². The predicted octanol–water partition coefficient (Wildman–Crippen LogP) is 4.55. The molecule has 0 saturated carbocycles. The summed E-state index contributed by atoms with van der Waals surface area (Å²) in [6.45, 7) is 7.61. The zero-order chi connectivity index (χ0) is 13.5. The smallest absolute Gasteiger partial charge is 0.124 e. The highest BCUT2D eigenvalue weighted by molar-refractivity contribution is 9.10. The Labute approximate surface area is 118 Å². The highest BCUT2D eigenvalue weighted by atomic mass is 79.9. The lowest BCUT2D eigenvalue weighted by Gasteiger charge is -2.21. The Bertz CT molecular complexity index is 368. The van der Waals surface area contributed by atoms with Gasteiger partial charge >= 0.3 is 0 Å². The molecule has 0 aliphatic rings. The molecule has 0 aromatic heterocycles. The second-order valence-electron chi connectivity index (χ2n) is 4.94. The van der Waals surface area contributed by atoms with E-state index in [0.29, 0.717) is 12.0 Å². The standard InChI is InChI=1S/C15H23BrFN/c1-4-11(3)8-14(18-5-2)9-12-6-7-13(17)10-15(12)16/h6-7,10-11,14,18H,4-5,8-9H2,1-3H3. The van der Waals surface area contributed by atoms with E-state index in [0.717, 1.165) is 23.9 Å². The molecule has 0 radical (unpaired) electrons. The van der Waals surface area contributed by atoms with Crippen LogP contribution in [0.15, 0.2) is 22.7 Å². The summed E-state index contributed by atoms with van der Waals surface area (Å²) in [7, 11) is 0. The zero-order valence-corrected chi connectivity index (χ0v) is 13.1. The zero-order valence-electron chi connectivity index (χ0n) is 11.5. The minimum Gasteiger partial charge on any atom is -0.314 e. The molecule has 1 nitrogen and oxygen atoms in total. The van der Waals surface area contributed by atoms with Crippen molar-refractivity contribution in [2.45, 2.75) is 46.1 Å². The first-order chi connectivity index (χ1) is 8.56. The normalized spacial score (nSPS) is 14.5. The van der Waals surface area contributed by atoms with Gasteiger partial charge in [-0.2, -0.15) is 0 Å². The Morgan fingerprint density at radius 3 is 2.61 bits per heavy atom. The van der Waals surface area contributed by atoms with Crippen LogP contribution in [0.3, 0.4) is 0 Å². The summed E-state index contributed by atoms with van der Waals surface area (Å²) in [5, 5.41) is 3.52.